The molecule has 1 aromatic heterocycles. The lowest BCUT2D eigenvalue weighted by Gasteiger charge is -2.15. The van der Waals surface area contributed by atoms with E-state index in [1.165, 1.54) is 6.20 Å². The standard InChI is InChI=1S/C22H21BrN2O4/c1-4-28-22(27)18-12-24-19-10-5-14(21(26)29-13(2)3)11-17(19)20(18)25-16-8-6-15(23)7-9-16/h5-13H,4H2,1-3H3,(H,24,25). The van der Waals surface area contributed by atoms with Crippen molar-refractivity contribution >= 4 is 50.1 Å². The van der Waals surface area contributed by atoms with Crippen LogP contribution in [-0.4, -0.2) is 29.6 Å². The molecule has 7 heteroatoms. The maximum atomic E-state index is 12.5. The molecule has 3 rings (SSSR count). The summed E-state index contributed by atoms with van der Waals surface area (Å²) in [6.07, 6.45) is 1.25. The molecule has 3 aromatic rings. The van der Waals surface area contributed by atoms with Crippen molar-refractivity contribution in [1.29, 1.82) is 0 Å². The Hall–Kier alpha value is -2.93. The Bertz CT molecular complexity index is 1050. The molecule has 0 bridgehead atoms. The van der Waals surface area contributed by atoms with Gasteiger partial charge in [-0.3, -0.25) is 4.98 Å². The van der Waals surface area contributed by atoms with Crippen molar-refractivity contribution in [2.45, 2.75) is 26.9 Å². The lowest BCUT2D eigenvalue weighted by molar-refractivity contribution is 0.0377. The average Bonchev–Trinajstić information content (AvgIpc) is 2.69. The fourth-order valence-corrected chi connectivity index (χ4v) is 3.04. The number of pyridine rings is 1. The van der Waals surface area contributed by atoms with Crippen LogP contribution >= 0.6 is 15.9 Å². The molecule has 0 atom stereocenters. The number of hydrogen-bond acceptors (Lipinski definition) is 6. The van der Waals surface area contributed by atoms with Gasteiger partial charge in [-0.15, -0.1) is 0 Å². The second-order valence-electron chi connectivity index (χ2n) is 6.59. The highest BCUT2D eigenvalue weighted by Gasteiger charge is 2.19. The van der Waals surface area contributed by atoms with Crippen LogP contribution < -0.4 is 5.32 Å². The fourth-order valence-electron chi connectivity index (χ4n) is 2.78. The van der Waals surface area contributed by atoms with E-state index in [4.69, 9.17) is 9.47 Å². The number of nitrogens with zero attached hydrogens (tertiary/aromatic N) is 1. The third-order valence-corrected chi connectivity index (χ3v) is 4.58. The van der Waals surface area contributed by atoms with Crippen LogP contribution in [0.15, 0.2) is 53.1 Å². The number of nitrogens with one attached hydrogen (secondary N) is 1. The summed E-state index contributed by atoms with van der Waals surface area (Å²) in [5.41, 5.74) is 2.61. The second-order valence-corrected chi connectivity index (χ2v) is 7.50. The van der Waals surface area contributed by atoms with Gasteiger partial charge in [0.25, 0.3) is 0 Å². The van der Waals surface area contributed by atoms with Gasteiger partial charge in [0, 0.05) is 21.7 Å². The van der Waals surface area contributed by atoms with Crippen molar-refractivity contribution in [3.63, 3.8) is 0 Å². The summed E-state index contributed by atoms with van der Waals surface area (Å²) in [4.78, 5) is 29.2. The zero-order chi connectivity index (χ0) is 21.0. The van der Waals surface area contributed by atoms with Crippen LogP contribution in [0.1, 0.15) is 41.5 Å². The lowest BCUT2D eigenvalue weighted by atomic mass is 10.1. The van der Waals surface area contributed by atoms with Crippen molar-refractivity contribution in [3.05, 3.63) is 64.3 Å². The molecule has 0 fully saturated rings. The minimum Gasteiger partial charge on any atom is -0.462 e. The smallest absolute Gasteiger partial charge is 0.341 e. The summed E-state index contributed by atoms with van der Waals surface area (Å²) in [5.74, 6) is -0.922. The molecule has 29 heavy (non-hydrogen) atoms. The third-order valence-electron chi connectivity index (χ3n) is 4.06. The quantitative estimate of drug-likeness (QED) is 0.494. The predicted octanol–water partition coefficient (Wildman–Crippen LogP) is 5.48. The van der Waals surface area contributed by atoms with Crippen LogP contribution in [0, 0.1) is 0 Å². The predicted molar refractivity (Wildman–Crippen MR) is 116 cm³/mol. The first-order valence-corrected chi connectivity index (χ1v) is 10.0. The molecular weight excluding hydrogens is 436 g/mol. The molecule has 0 saturated heterocycles. The minimum atomic E-state index is -0.489. The zero-order valence-electron chi connectivity index (χ0n) is 16.4. The molecule has 0 saturated carbocycles. The van der Waals surface area contributed by atoms with Crippen LogP contribution in [0.2, 0.25) is 0 Å². The highest BCUT2D eigenvalue weighted by molar-refractivity contribution is 9.10. The molecule has 6 nitrogen and oxygen atoms in total. The van der Waals surface area contributed by atoms with Crippen molar-refractivity contribution in [3.8, 4) is 0 Å². The van der Waals surface area contributed by atoms with E-state index in [0.29, 0.717) is 22.2 Å². The first-order valence-electron chi connectivity index (χ1n) is 9.22. The molecule has 0 amide bonds. The molecule has 150 valence electrons. The van der Waals surface area contributed by atoms with Gasteiger partial charge in [-0.25, -0.2) is 9.59 Å². The lowest BCUT2D eigenvalue weighted by Crippen LogP contribution is -2.12. The van der Waals surface area contributed by atoms with E-state index in [2.05, 4.69) is 26.2 Å². The molecule has 1 N–H and O–H groups in total. The van der Waals surface area contributed by atoms with Gasteiger partial charge in [0.15, 0.2) is 0 Å². The molecule has 0 aliphatic heterocycles. The SMILES string of the molecule is CCOC(=O)c1cnc2ccc(C(=O)OC(C)C)cc2c1Nc1ccc(Br)cc1. The van der Waals surface area contributed by atoms with E-state index in [1.54, 1.807) is 39.0 Å². The van der Waals surface area contributed by atoms with Gasteiger partial charge in [0.1, 0.15) is 5.56 Å². The van der Waals surface area contributed by atoms with Gasteiger partial charge in [0.05, 0.1) is 29.5 Å². The zero-order valence-corrected chi connectivity index (χ0v) is 17.9. The number of aromatic nitrogens is 1. The number of esters is 2. The van der Waals surface area contributed by atoms with E-state index < -0.39 is 11.9 Å². The van der Waals surface area contributed by atoms with Crippen LogP contribution in [0.25, 0.3) is 10.9 Å². The third kappa shape index (κ3) is 4.92. The van der Waals surface area contributed by atoms with Crippen LogP contribution in [0.3, 0.4) is 0 Å². The topological polar surface area (TPSA) is 77.5 Å². The first kappa shape index (κ1) is 20.8. The monoisotopic (exact) mass is 456 g/mol. The largest absolute Gasteiger partial charge is 0.462 e. The number of rotatable bonds is 6. The Labute approximate surface area is 177 Å². The van der Waals surface area contributed by atoms with E-state index in [-0.39, 0.29) is 18.3 Å². The summed E-state index contributed by atoms with van der Waals surface area (Å²) in [6.45, 7) is 5.57. The van der Waals surface area contributed by atoms with E-state index >= 15 is 0 Å². The Morgan fingerprint density at radius 2 is 1.83 bits per heavy atom. The molecule has 1 heterocycles. The number of ether oxygens (including phenoxy) is 2. The van der Waals surface area contributed by atoms with E-state index in [1.807, 2.05) is 24.3 Å². The number of carbonyl (C=O) groups excluding carboxylic acids is 2. The molecular formula is C22H21BrN2O4. The summed E-state index contributed by atoms with van der Waals surface area (Å²) in [7, 11) is 0. The van der Waals surface area contributed by atoms with Gasteiger partial charge >= 0.3 is 11.9 Å². The van der Waals surface area contributed by atoms with E-state index in [0.717, 1.165) is 10.2 Å². The Kier molecular flexibility index (Phi) is 6.49. The summed E-state index contributed by atoms with van der Waals surface area (Å²) < 4.78 is 11.4. The maximum absolute atomic E-state index is 12.5. The number of benzene rings is 2. The number of carbonyl (C=O) groups is 2. The van der Waals surface area contributed by atoms with Gasteiger partial charge < -0.3 is 14.8 Å². The van der Waals surface area contributed by atoms with Gasteiger partial charge in [0.2, 0.25) is 0 Å². The average molecular weight is 457 g/mol. The van der Waals surface area contributed by atoms with Gasteiger partial charge in [-0.2, -0.15) is 0 Å². The van der Waals surface area contributed by atoms with E-state index in [9.17, 15) is 9.59 Å². The van der Waals surface area contributed by atoms with Crippen molar-refractivity contribution < 1.29 is 19.1 Å². The Morgan fingerprint density at radius 1 is 1.10 bits per heavy atom. The molecule has 0 spiro atoms. The number of anilines is 2. The molecule has 0 aliphatic carbocycles. The maximum Gasteiger partial charge on any atom is 0.341 e. The molecule has 2 aromatic carbocycles. The van der Waals surface area contributed by atoms with Crippen molar-refractivity contribution in [1.82, 2.24) is 4.98 Å². The highest BCUT2D eigenvalue weighted by atomic mass is 79.9. The Balaban J connectivity index is 2.14. The molecule has 0 aliphatic rings. The van der Waals surface area contributed by atoms with Crippen LogP contribution in [0.5, 0.6) is 0 Å². The van der Waals surface area contributed by atoms with Crippen molar-refractivity contribution in [2.75, 3.05) is 11.9 Å². The van der Waals surface area contributed by atoms with Crippen LogP contribution in [-0.2, 0) is 9.47 Å². The molecule has 0 radical (unpaired) electrons. The normalized spacial score (nSPS) is 10.8. The first-order chi connectivity index (χ1) is 13.9. The highest BCUT2D eigenvalue weighted by Crippen LogP contribution is 2.31. The summed E-state index contributed by atoms with van der Waals surface area (Å²) in [6, 6.07) is 12.6. The fraction of sp³-hybridized carbons (Fsp3) is 0.227. The number of fused-ring (bicyclic) bond motifs is 1. The summed E-state index contributed by atoms with van der Waals surface area (Å²) in [5, 5.41) is 3.90. The Morgan fingerprint density at radius 3 is 2.48 bits per heavy atom. The minimum absolute atomic E-state index is 0.234. The van der Waals surface area contributed by atoms with Gasteiger partial charge in [-0.1, -0.05) is 15.9 Å². The molecule has 0 unspecified atom stereocenters. The van der Waals surface area contributed by atoms with Crippen molar-refractivity contribution in [2.24, 2.45) is 0 Å². The summed E-state index contributed by atoms with van der Waals surface area (Å²) >= 11 is 3.41. The second kappa shape index (κ2) is 9.05. The number of hydrogen-bond donors (Lipinski definition) is 1. The number of halogens is 1. The van der Waals surface area contributed by atoms with Gasteiger partial charge in [-0.05, 0) is 63.2 Å². The van der Waals surface area contributed by atoms with Crippen LogP contribution in [0.4, 0.5) is 11.4 Å².